The molecule has 0 aliphatic carbocycles. The summed E-state index contributed by atoms with van der Waals surface area (Å²) in [6, 6.07) is 16.0. The average molecular weight is 332 g/mol. The number of hydrogen-bond donors (Lipinski definition) is 1. The maximum absolute atomic E-state index is 12.2. The van der Waals surface area contributed by atoms with Crippen molar-refractivity contribution in [3.05, 3.63) is 66.5 Å². The highest BCUT2D eigenvalue weighted by Crippen LogP contribution is 2.21. The average Bonchev–Trinajstić information content (AvgIpc) is 2.69. The van der Waals surface area contributed by atoms with Crippen LogP contribution >= 0.6 is 0 Å². The van der Waals surface area contributed by atoms with Gasteiger partial charge in [-0.1, -0.05) is 18.2 Å². The highest BCUT2D eigenvalue weighted by atomic mass is 16.1. The zero-order chi connectivity index (χ0) is 17.1. The van der Waals surface area contributed by atoms with Crippen LogP contribution in [0.1, 0.15) is 23.2 Å². The third-order valence-electron chi connectivity index (χ3n) is 4.68. The smallest absolute Gasteiger partial charge is 0.251 e. The highest BCUT2D eigenvalue weighted by Gasteiger charge is 2.22. The maximum Gasteiger partial charge on any atom is 0.251 e. The molecule has 3 aromatic rings. The van der Waals surface area contributed by atoms with Crippen molar-refractivity contribution in [3.63, 3.8) is 0 Å². The number of fused-ring (bicyclic) bond motifs is 1. The molecule has 1 amide bonds. The number of carbonyl (C=O) groups is 1. The van der Waals surface area contributed by atoms with Crippen LogP contribution in [0.3, 0.4) is 0 Å². The second-order valence-electron chi connectivity index (χ2n) is 6.33. The minimum absolute atomic E-state index is 0.0234. The lowest BCUT2D eigenvalue weighted by Crippen LogP contribution is -2.45. The quantitative estimate of drug-likeness (QED) is 0.801. The van der Waals surface area contributed by atoms with Crippen molar-refractivity contribution in [2.75, 3.05) is 18.0 Å². The van der Waals surface area contributed by atoms with E-state index in [1.54, 1.807) is 24.5 Å². The lowest BCUT2D eigenvalue weighted by molar-refractivity contribution is 0.0931. The summed E-state index contributed by atoms with van der Waals surface area (Å²) in [6.07, 6.45) is 5.13. The molecule has 0 bridgehead atoms. The first-order chi connectivity index (χ1) is 12.3. The van der Waals surface area contributed by atoms with Gasteiger partial charge in [0.15, 0.2) is 0 Å². The number of piperidine rings is 1. The molecule has 5 nitrogen and oxygen atoms in total. The van der Waals surface area contributed by atoms with E-state index in [0.29, 0.717) is 5.56 Å². The molecule has 0 radical (unpaired) electrons. The highest BCUT2D eigenvalue weighted by molar-refractivity contribution is 5.94. The molecule has 0 saturated carbocycles. The van der Waals surface area contributed by atoms with E-state index in [4.69, 9.17) is 4.98 Å². The van der Waals surface area contributed by atoms with Crippen LogP contribution < -0.4 is 10.2 Å². The van der Waals surface area contributed by atoms with E-state index in [1.165, 1.54) is 0 Å². The molecule has 0 unspecified atom stereocenters. The van der Waals surface area contributed by atoms with Gasteiger partial charge in [-0.05, 0) is 43.2 Å². The summed E-state index contributed by atoms with van der Waals surface area (Å²) >= 11 is 0. The van der Waals surface area contributed by atoms with E-state index in [-0.39, 0.29) is 11.9 Å². The molecule has 1 aliphatic heterocycles. The van der Waals surface area contributed by atoms with Crippen molar-refractivity contribution in [1.82, 2.24) is 15.3 Å². The fourth-order valence-corrected chi connectivity index (χ4v) is 3.26. The minimum Gasteiger partial charge on any atom is -0.356 e. The van der Waals surface area contributed by atoms with Crippen LogP contribution in [-0.4, -0.2) is 35.0 Å². The molecule has 2 aromatic heterocycles. The molecule has 1 N–H and O–H groups in total. The van der Waals surface area contributed by atoms with E-state index in [9.17, 15) is 4.79 Å². The van der Waals surface area contributed by atoms with E-state index >= 15 is 0 Å². The molecule has 0 spiro atoms. The maximum atomic E-state index is 12.2. The first-order valence-electron chi connectivity index (χ1n) is 8.61. The van der Waals surface area contributed by atoms with E-state index in [1.807, 2.05) is 18.2 Å². The topological polar surface area (TPSA) is 58.1 Å². The van der Waals surface area contributed by atoms with Crippen LogP contribution in [0.25, 0.3) is 10.9 Å². The number of nitrogens with one attached hydrogen (secondary N) is 1. The lowest BCUT2D eigenvalue weighted by atomic mass is 10.0. The number of anilines is 1. The summed E-state index contributed by atoms with van der Waals surface area (Å²) in [7, 11) is 0. The van der Waals surface area contributed by atoms with Gasteiger partial charge in [-0.15, -0.1) is 0 Å². The van der Waals surface area contributed by atoms with Crippen LogP contribution in [0.5, 0.6) is 0 Å². The molecular weight excluding hydrogens is 312 g/mol. The zero-order valence-electron chi connectivity index (χ0n) is 13.9. The Labute approximate surface area is 146 Å². The monoisotopic (exact) mass is 332 g/mol. The predicted octanol–water partition coefficient (Wildman–Crippen LogP) is 3.03. The number of amides is 1. The number of para-hydroxylation sites is 1. The van der Waals surface area contributed by atoms with Crippen molar-refractivity contribution in [1.29, 1.82) is 0 Å². The summed E-state index contributed by atoms with van der Waals surface area (Å²) in [6.45, 7) is 1.79. The van der Waals surface area contributed by atoms with Gasteiger partial charge in [0.1, 0.15) is 5.82 Å². The molecule has 1 fully saturated rings. The Kier molecular flexibility index (Phi) is 4.29. The largest absolute Gasteiger partial charge is 0.356 e. The molecule has 1 aliphatic rings. The molecule has 3 heterocycles. The van der Waals surface area contributed by atoms with Crippen LogP contribution in [0.15, 0.2) is 60.9 Å². The van der Waals surface area contributed by atoms with Gasteiger partial charge in [-0.3, -0.25) is 9.78 Å². The van der Waals surface area contributed by atoms with Gasteiger partial charge in [-0.2, -0.15) is 0 Å². The number of hydrogen-bond acceptors (Lipinski definition) is 4. The molecule has 4 rings (SSSR count). The van der Waals surface area contributed by atoms with Crippen LogP contribution in [-0.2, 0) is 0 Å². The molecule has 1 aromatic carbocycles. The van der Waals surface area contributed by atoms with Gasteiger partial charge < -0.3 is 10.2 Å². The summed E-state index contributed by atoms with van der Waals surface area (Å²) in [5, 5.41) is 4.28. The fourth-order valence-electron chi connectivity index (χ4n) is 3.26. The number of rotatable bonds is 3. The van der Waals surface area contributed by atoms with Gasteiger partial charge in [0.2, 0.25) is 0 Å². The fraction of sp³-hybridized carbons (Fsp3) is 0.250. The van der Waals surface area contributed by atoms with Crippen LogP contribution in [0, 0.1) is 0 Å². The first kappa shape index (κ1) is 15.6. The van der Waals surface area contributed by atoms with E-state index in [0.717, 1.165) is 42.7 Å². The van der Waals surface area contributed by atoms with Gasteiger partial charge in [0, 0.05) is 42.5 Å². The number of carbonyl (C=O) groups excluding carboxylic acids is 1. The number of aromatic nitrogens is 2. The van der Waals surface area contributed by atoms with Crippen molar-refractivity contribution in [2.45, 2.75) is 18.9 Å². The number of benzene rings is 1. The van der Waals surface area contributed by atoms with Gasteiger partial charge >= 0.3 is 0 Å². The van der Waals surface area contributed by atoms with Crippen molar-refractivity contribution >= 4 is 22.6 Å². The van der Waals surface area contributed by atoms with Crippen molar-refractivity contribution in [3.8, 4) is 0 Å². The number of nitrogens with zero attached hydrogens (tertiary/aromatic N) is 3. The molecule has 25 heavy (non-hydrogen) atoms. The van der Waals surface area contributed by atoms with Crippen molar-refractivity contribution < 1.29 is 4.79 Å². The van der Waals surface area contributed by atoms with Gasteiger partial charge in [0.25, 0.3) is 5.91 Å². The van der Waals surface area contributed by atoms with Crippen LogP contribution in [0.2, 0.25) is 0 Å². The Morgan fingerprint density at radius 3 is 2.56 bits per heavy atom. The van der Waals surface area contributed by atoms with Crippen molar-refractivity contribution in [2.24, 2.45) is 0 Å². The first-order valence-corrected chi connectivity index (χ1v) is 8.61. The van der Waals surface area contributed by atoms with Gasteiger partial charge in [-0.25, -0.2) is 4.98 Å². The standard InChI is InChI=1S/C20H20N4O/c25-20(16-7-11-21-12-8-16)22-17-9-13-24(14-10-17)19-6-5-15-3-1-2-4-18(15)23-19/h1-8,11-12,17H,9-10,13-14H2,(H,22,25). The molecule has 0 atom stereocenters. The molecule has 1 saturated heterocycles. The Balaban J connectivity index is 1.38. The lowest BCUT2D eigenvalue weighted by Gasteiger charge is -2.33. The van der Waals surface area contributed by atoms with E-state index < -0.39 is 0 Å². The Bertz CT molecular complexity index is 873. The Hall–Kier alpha value is -2.95. The predicted molar refractivity (Wildman–Crippen MR) is 98.7 cm³/mol. The number of pyridine rings is 2. The summed E-state index contributed by atoms with van der Waals surface area (Å²) < 4.78 is 0. The second kappa shape index (κ2) is 6.89. The molecular formula is C20H20N4O. The SMILES string of the molecule is O=C(NC1CCN(c2ccc3ccccc3n2)CC1)c1ccncc1. The third-order valence-corrected chi connectivity index (χ3v) is 4.68. The van der Waals surface area contributed by atoms with E-state index in [2.05, 4.69) is 33.4 Å². The summed E-state index contributed by atoms with van der Waals surface area (Å²) in [5.74, 6) is 0.988. The Morgan fingerprint density at radius 2 is 1.76 bits per heavy atom. The third kappa shape index (κ3) is 3.45. The Morgan fingerprint density at radius 1 is 1.00 bits per heavy atom. The zero-order valence-corrected chi connectivity index (χ0v) is 13.9. The summed E-state index contributed by atoms with van der Waals surface area (Å²) in [4.78, 5) is 23.2. The minimum atomic E-state index is -0.0234. The molecule has 5 heteroatoms. The molecule has 126 valence electrons. The second-order valence-corrected chi connectivity index (χ2v) is 6.33. The summed E-state index contributed by atoms with van der Waals surface area (Å²) in [5.41, 5.74) is 1.68. The van der Waals surface area contributed by atoms with Crippen LogP contribution in [0.4, 0.5) is 5.82 Å². The van der Waals surface area contributed by atoms with Gasteiger partial charge in [0.05, 0.1) is 5.52 Å². The normalized spacial score (nSPS) is 15.3.